The topological polar surface area (TPSA) is 66.5 Å². The summed E-state index contributed by atoms with van der Waals surface area (Å²) in [6.07, 6.45) is 3.54. The Bertz CT molecular complexity index is 534. The Balaban J connectivity index is 2.56. The summed E-state index contributed by atoms with van der Waals surface area (Å²) < 4.78 is 1.88. The molecule has 0 amide bonds. The molecule has 0 aromatic carbocycles. The summed E-state index contributed by atoms with van der Waals surface area (Å²) in [5.74, 6) is 1.53. The normalized spacial score (nSPS) is 12.1. The number of nitrogens with zero attached hydrogens (tertiary/aromatic N) is 5. The van der Waals surface area contributed by atoms with Gasteiger partial charge in [-0.1, -0.05) is 0 Å². The third-order valence-electron chi connectivity index (χ3n) is 3.09. The van der Waals surface area contributed by atoms with E-state index in [2.05, 4.69) is 15.2 Å². The summed E-state index contributed by atoms with van der Waals surface area (Å²) in [5.41, 5.74) is 0.309. The summed E-state index contributed by atoms with van der Waals surface area (Å²) in [5, 5.41) is 17.5. The summed E-state index contributed by atoms with van der Waals surface area (Å²) in [4.78, 5) is 6.24. The smallest absolute Gasteiger partial charge is 0.203 e. The van der Waals surface area contributed by atoms with Crippen molar-refractivity contribution >= 4 is 11.5 Å². The fraction of sp³-hybridized carbons (Fsp3) is 0.545. The molecule has 0 spiro atoms. The van der Waals surface area contributed by atoms with Gasteiger partial charge in [0.2, 0.25) is 5.65 Å². The van der Waals surface area contributed by atoms with Crippen molar-refractivity contribution in [1.29, 1.82) is 0 Å². The van der Waals surface area contributed by atoms with E-state index in [1.54, 1.807) is 6.20 Å². The second kappa shape index (κ2) is 3.96. The maximum Gasteiger partial charge on any atom is 0.203 e. The number of hydrogen-bond donors (Lipinski definition) is 1. The molecular weight excluding hydrogens is 218 g/mol. The van der Waals surface area contributed by atoms with Crippen molar-refractivity contribution in [2.45, 2.75) is 26.3 Å². The maximum atomic E-state index is 9.39. The molecule has 0 bridgehead atoms. The molecule has 0 saturated carbocycles. The molecule has 17 heavy (non-hydrogen) atoms. The minimum absolute atomic E-state index is 0.0410. The molecule has 0 saturated heterocycles. The molecule has 2 aromatic rings. The van der Waals surface area contributed by atoms with Gasteiger partial charge in [-0.2, -0.15) is 0 Å². The van der Waals surface area contributed by atoms with E-state index in [4.69, 9.17) is 0 Å². The van der Waals surface area contributed by atoms with Crippen molar-refractivity contribution in [3.8, 4) is 0 Å². The molecule has 2 heterocycles. The first kappa shape index (κ1) is 11.8. The Morgan fingerprint density at radius 1 is 1.41 bits per heavy atom. The first-order valence-electron chi connectivity index (χ1n) is 5.48. The van der Waals surface area contributed by atoms with E-state index in [0.717, 1.165) is 5.82 Å². The molecule has 0 radical (unpaired) electrons. The second-order valence-electron chi connectivity index (χ2n) is 4.72. The number of anilines is 1. The largest absolute Gasteiger partial charge is 0.394 e. The summed E-state index contributed by atoms with van der Waals surface area (Å²) in [6.45, 7) is 5.82. The van der Waals surface area contributed by atoms with Crippen LogP contribution < -0.4 is 4.90 Å². The Morgan fingerprint density at radius 2 is 2.12 bits per heavy atom. The van der Waals surface area contributed by atoms with Crippen molar-refractivity contribution in [3.63, 3.8) is 0 Å². The molecule has 0 atom stereocenters. The lowest BCUT2D eigenvalue weighted by atomic mass is 10.1. The fourth-order valence-electron chi connectivity index (χ4n) is 1.56. The van der Waals surface area contributed by atoms with Crippen LogP contribution in [0.15, 0.2) is 12.4 Å². The maximum absolute atomic E-state index is 9.39. The molecule has 0 unspecified atom stereocenters. The van der Waals surface area contributed by atoms with Gasteiger partial charge in [-0.15, -0.1) is 10.2 Å². The number of likely N-dealkylation sites (N-methyl/N-ethyl adjacent to an activating group) is 1. The zero-order chi connectivity index (χ0) is 12.6. The van der Waals surface area contributed by atoms with Crippen LogP contribution in [-0.4, -0.2) is 43.9 Å². The monoisotopic (exact) mass is 235 g/mol. The van der Waals surface area contributed by atoms with E-state index >= 15 is 0 Å². The zero-order valence-corrected chi connectivity index (χ0v) is 10.5. The number of hydrogen-bond acceptors (Lipinski definition) is 5. The number of rotatable bonds is 3. The third-order valence-corrected chi connectivity index (χ3v) is 3.09. The minimum Gasteiger partial charge on any atom is -0.394 e. The number of aliphatic hydroxyl groups excluding tert-OH is 1. The van der Waals surface area contributed by atoms with Crippen LogP contribution in [0.2, 0.25) is 0 Å². The van der Waals surface area contributed by atoms with Gasteiger partial charge in [0.05, 0.1) is 12.1 Å². The van der Waals surface area contributed by atoms with Crippen LogP contribution in [0, 0.1) is 6.92 Å². The van der Waals surface area contributed by atoms with Crippen LogP contribution in [-0.2, 0) is 0 Å². The molecule has 1 N–H and O–H groups in total. The first-order valence-corrected chi connectivity index (χ1v) is 5.48. The van der Waals surface area contributed by atoms with Gasteiger partial charge in [-0.05, 0) is 20.8 Å². The summed E-state index contributed by atoms with van der Waals surface area (Å²) >= 11 is 0. The predicted octanol–water partition coefficient (Wildman–Crippen LogP) is 0.640. The summed E-state index contributed by atoms with van der Waals surface area (Å²) in [7, 11) is 1.89. The van der Waals surface area contributed by atoms with E-state index in [1.807, 2.05) is 43.3 Å². The van der Waals surface area contributed by atoms with E-state index in [-0.39, 0.29) is 6.61 Å². The van der Waals surface area contributed by atoms with Crippen LogP contribution in [0.5, 0.6) is 0 Å². The zero-order valence-electron chi connectivity index (χ0n) is 10.5. The SMILES string of the molecule is Cc1nnc2c(N(C)C(C)(C)CO)nccn12. The Hall–Kier alpha value is -1.69. The highest BCUT2D eigenvalue weighted by atomic mass is 16.3. The van der Waals surface area contributed by atoms with E-state index < -0.39 is 5.54 Å². The van der Waals surface area contributed by atoms with Gasteiger partial charge in [0.25, 0.3) is 0 Å². The van der Waals surface area contributed by atoms with Gasteiger partial charge in [0.15, 0.2) is 5.82 Å². The van der Waals surface area contributed by atoms with Crippen LogP contribution in [0.4, 0.5) is 5.82 Å². The van der Waals surface area contributed by atoms with Crippen LogP contribution in [0.1, 0.15) is 19.7 Å². The van der Waals surface area contributed by atoms with Gasteiger partial charge in [-0.25, -0.2) is 4.98 Å². The van der Waals surface area contributed by atoms with Crippen molar-refractivity contribution in [3.05, 3.63) is 18.2 Å². The standard InChI is InChI=1S/C11H17N5O/c1-8-13-14-10-9(12-5-6-16(8)10)15(4)11(2,3)7-17/h5-6,17H,7H2,1-4H3. The fourth-order valence-corrected chi connectivity index (χ4v) is 1.56. The molecule has 6 heteroatoms. The van der Waals surface area contributed by atoms with Crippen molar-refractivity contribution < 1.29 is 5.11 Å². The molecular formula is C11H17N5O. The molecule has 0 aliphatic carbocycles. The lowest BCUT2D eigenvalue weighted by molar-refractivity contribution is 0.216. The highest BCUT2D eigenvalue weighted by Gasteiger charge is 2.26. The van der Waals surface area contributed by atoms with Crippen LogP contribution in [0.3, 0.4) is 0 Å². The lowest BCUT2D eigenvalue weighted by Crippen LogP contribution is -2.45. The highest BCUT2D eigenvalue weighted by Crippen LogP contribution is 2.23. The third kappa shape index (κ3) is 1.84. The average molecular weight is 235 g/mol. The lowest BCUT2D eigenvalue weighted by Gasteiger charge is -2.34. The van der Waals surface area contributed by atoms with E-state index in [0.29, 0.717) is 11.5 Å². The molecule has 92 valence electrons. The van der Waals surface area contributed by atoms with Gasteiger partial charge >= 0.3 is 0 Å². The molecule has 6 nitrogen and oxygen atoms in total. The summed E-state index contributed by atoms with van der Waals surface area (Å²) in [6, 6.07) is 0. The van der Waals surface area contributed by atoms with Gasteiger partial charge in [-0.3, -0.25) is 4.40 Å². The number of aliphatic hydroxyl groups is 1. The molecule has 0 aliphatic heterocycles. The van der Waals surface area contributed by atoms with Crippen LogP contribution in [0.25, 0.3) is 5.65 Å². The molecule has 2 rings (SSSR count). The quantitative estimate of drug-likeness (QED) is 0.845. The number of aryl methyl sites for hydroxylation is 1. The van der Waals surface area contributed by atoms with Crippen molar-refractivity contribution in [2.75, 3.05) is 18.6 Å². The Labute approximate surface area is 99.9 Å². The van der Waals surface area contributed by atoms with Crippen molar-refractivity contribution in [1.82, 2.24) is 19.6 Å². The Morgan fingerprint density at radius 3 is 2.76 bits per heavy atom. The first-order chi connectivity index (χ1) is 7.97. The number of fused-ring (bicyclic) bond motifs is 1. The van der Waals surface area contributed by atoms with Crippen LogP contribution >= 0.6 is 0 Å². The van der Waals surface area contributed by atoms with E-state index in [1.165, 1.54) is 0 Å². The molecule has 0 aliphatic rings. The number of aromatic nitrogens is 4. The van der Waals surface area contributed by atoms with Gasteiger partial charge in [0.1, 0.15) is 5.82 Å². The molecule has 2 aromatic heterocycles. The van der Waals surface area contributed by atoms with E-state index in [9.17, 15) is 5.11 Å². The van der Waals surface area contributed by atoms with Gasteiger partial charge in [0, 0.05) is 19.4 Å². The highest BCUT2D eigenvalue weighted by molar-refractivity contribution is 5.64. The Kier molecular flexibility index (Phi) is 2.74. The van der Waals surface area contributed by atoms with Crippen molar-refractivity contribution in [2.24, 2.45) is 0 Å². The second-order valence-corrected chi connectivity index (χ2v) is 4.72. The molecule has 0 fully saturated rings. The minimum atomic E-state index is -0.394. The van der Waals surface area contributed by atoms with Gasteiger partial charge < -0.3 is 10.0 Å². The predicted molar refractivity (Wildman–Crippen MR) is 65.1 cm³/mol. The average Bonchev–Trinajstić information content (AvgIpc) is 2.70.